The minimum absolute atomic E-state index is 0.653. The van der Waals surface area contributed by atoms with Gasteiger partial charge in [-0.2, -0.15) is 0 Å². The van der Waals surface area contributed by atoms with Gasteiger partial charge in [0.2, 0.25) is 0 Å². The van der Waals surface area contributed by atoms with Crippen molar-refractivity contribution in [3.05, 3.63) is 30.0 Å². The molecule has 2 rings (SSSR count). The first-order valence-electron chi connectivity index (χ1n) is 7.65. The van der Waals surface area contributed by atoms with E-state index in [1.165, 1.54) is 35.7 Å². The van der Waals surface area contributed by atoms with Gasteiger partial charge in [-0.15, -0.1) is 0 Å². The van der Waals surface area contributed by atoms with E-state index in [-0.39, 0.29) is 0 Å². The van der Waals surface area contributed by atoms with Crippen molar-refractivity contribution >= 4 is 10.9 Å². The molecule has 3 heteroatoms. The molecule has 20 heavy (non-hydrogen) atoms. The lowest BCUT2D eigenvalue weighted by molar-refractivity contribution is 0.415. The minimum atomic E-state index is 0.653. The fourth-order valence-corrected chi connectivity index (χ4v) is 2.70. The molecular formula is C17H26N2O. The molecule has 1 heterocycles. The van der Waals surface area contributed by atoms with Crippen molar-refractivity contribution in [1.82, 2.24) is 10.3 Å². The Morgan fingerprint density at radius 3 is 2.85 bits per heavy atom. The summed E-state index contributed by atoms with van der Waals surface area (Å²) in [6.45, 7) is 5.53. The van der Waals surface area contributed by atoms with Crippen LogP contribution < -0.4 is 10.1 Å². The van der Waals surface area contributed by atoms with Crippen molar-refractivity contribution in [3.63, 3.8) is 0 Å². The topological polar surface area (TPSA) is 37.0 Å². The van der Waals surface area contributed by atoms with Crippen LogP contribution in [0.2, 0.25) is 0 Å². The van der Waals surface area contributed by atoms with Crippen molar-refractivity contribution in [1.29, 1.82) is 0 Å². The van der Waals surface area contributed by atoms with E-state index in [1.807, 2.05) is 6.07 Å². The van der Waals surface area contributed by atoms with Crippen LogP contribution in [-0.2, 0) is 6.42 Å². The average Bonchev–Trinajstić information content (AvgIpc) is 2.88. The number of benzene rings is 1. The van der Waals surface area contributed by atoms with Crippen LogP contribution in [0.3, 0.4) is 0 Å². The van der Waals surface area contributed by atoms with E-state index < -0.39 is 0 Å². The standard InChI is InChI=1S/C17H26N2O/c1-4-6-14(5-2)18-10-9-13-12-19-17-8-7-15(20-3)11-16(13)17/h7-8,11-12,14,18-19H,4-6,9-10H2,1-3H3. The van der Waals surface area contributed by atoms with Gasteiger partial charge in [-0.25, -0.2) is 0 Å². The molecule has 0 spiro atoms. The van der Waals surface area contributed by atoms with E-state index in [1.54, 1.807) is 7.11 Å². The van der Waals surface area contributed by atoms with Gasteiger partial charge in [0.05, 0.1) is 7.11 Å². The number of hydrogen-bond donors (Lipinski definition) is 2. The third-order valence-corrected chi connectivity index (χ3v) is 3.93. The summed E-state index contributed by atoms with van der Waals surface area (Å²) in [5.41, 5.74) is 2.54. The molecule has 0 fully saturated rings. The molecule has 3 nitrogen and oxygen atoms in total. The molecular weight excluding hydrogens is 248 g/mol. The van der Waals surface area contributed by atoms with Crippen LogP contribution in [0.1, 0.15) is 38.7 Å². The second-order valence-electron chi connectivity index (χ2n) is 5.32. The number of fused-ring (bicyclic) bond motifs is 1. The number of aromatic nitrogens is 1. The van der Waals surface area contributed by atoms with Gasteiger partial charge >= 0.3 is 0 Å². The Hall–Kier alpha value is -1.48. The number of nitrogens with one attached hydrogen (secondary N) is 2. The second-order valence-corrected chi connectivity index (χ2v) is 5.32. The number of aromatic amines is 1. The summed E-state index contributed by atoms with van der Waals surface area (Å²) >= 11 is 0. The summed E-state index contributed by atoms with van der Waals surface area (Å²) in [5, 5.41) is 4.93. The van der Waals surface area contributed by atoms with Crippen LogP contribution >= 0.6 is 0 Å². The van der Waals surface area contributed by atoms with Gasteiger partial charge in [0.1, 0.15) is 5.75 Å². The maximum Gasteiger partial charge on any atom is 0.119 e. The van der Waals surface area contributed by atoms with Crippen LogP contribution in [0, 0.1) is 0 Å². The Morgan fingerprint density at radius 2 is 2.15 bits per heavy atom. The zero-order valence-electron chi connectivity index (χ0n) is 12.8. The second kappa shape index (κ2) is 7.34. The molecule has 0 bridgehead atoms. The lowest BCUT2D eigenvalue weighted by atomic mass is 10.1. The van der Waals surface area contributed by atoms with Gasteiger partial charge in [0.25, 0.3) is 0 Å². The predicted octanol–water partition coefficient (Wildman–Crippen LogP) is 3.89. The minimum Gasteiger partial charge on any atom is -0.497 e. The molecule has 0 aliphatic heterocycles. The largest absolute Gasteiger partial charge is 0.497 e. The number of rotatable bonds is 8. The van der Waals surface area contributed by atoms with Gasteiger partial charge in [0.15, 0.2) is 0 Å². The van der Waals surface area contributed by atoms with E-state index in [2.05, 4.69) is 42.5 Å². The molecule has 0 amide bonds. The molecule has 0 radical (unpaired) electrons. The SMILES string of the molecule is CCCC(CC)NCCc1c[nH]c2ccc(OC)cc12. The van der Waals surface area contributed by atoms with Crippen LogP contribution in [0.5, 0.6) is 5.75 Å². The quantitative estimate of drug-likeness (QED) is 0.766. The van der Waals surface area contributed by atoms with Crippen molar-refractivity contribution in [2.24, 2.45) is 0 Å². The van der Waals surface area contributed by atoms with Crippen LogP contribution in [0.4, 0.5) is 0 Å². The first-order valence-corrected chi connectivity index (χ1v) is 7.65. The summed E-state index contributed by atoms with van der Waals surface area (Å²) in [5.74, 6) is 0.920. The smallest absolute Gasteiger partial charge is 0.119 e. The van der Waals surface area contributed by atoms with E-state index in [9.17, 15) is 0 Å². The zero-order chi connectivity index (χ0) is 14.4. The maximum absolute atomic E-state index is 5.31. The highest BCUT2D eigenvalue weighted by molar-refractivity contribution is 5.84. The molecule has 2 aromatic rings. The van der Waals surface area contributed by atoms with Gasteiger partial charge in [-0.05, 0) is 49.6 Å². The normalized spacial score (nSPS) is 12.8. The molecule has 1 unspecified atom stereocenters. The van der Waals surface area contributed by atoms with E-state index >= 15 is 0 Å². The Labute approximate surface area is 121 Å². The number of methoxy groups -OCH3 is 1. The molecule has 0 saturated carbocycles. The fourth-order valence-electron chi connectivity index (χ4n) is 2.70. The molecule has 0 saturated heterocycles. The van der Waals surface area contributed by atoms with Crippen molar-refractivity contribution in [3.8, 4) is 5.75 Å². The summed E-state index contributed by atoms with van der Waals surface area (Å²) in [6.07, 6.45) is 6.88. The highest BCUT2D eigenvalue weighted by Gasteiger charge is 2.07. The molecule has 1 atom stereocenters. The third-order valence-electron chi connectivity index (χ3n) is 3.93. The Bertz CT molecular complexity index is 533. The predicted molar refractivity (Wildman–Crippen MR) is 85.5 cm³/mol. The Kier molecular flexibility index (Phi) is 5.48. The van der Waals surface area contributed by atoms with Crippen molar-refractivity contribution in [2.45, 2.75) is 45.6 Å². The zero-order valence-corrected chi connectivity index (χ0v) is 12.8. The molecule has 2 N–H and O–H groups in total. The van der Waals surface area contributed by atoms with E-state index in [0.29, 0.717) is 6.04 Å². The Morgan fingerprint density at radius 1 is 1.30 bits per heavy atom. The number of ether oxygens (including phenoxy) is 1. The number of hydrogen-bond acceptors (Lipinski definition) is 2. The van der Waals surface area contributed by atoms with Gasteiger partial charge < -0.3 is 15.0 Å². The first kappa shape index (κ1) is 14.9. The molecule has 110 valence electrons. The van der Waals surface area contributed by atoms with E-state index in [0.717, 1.165) is 18.7 Å². The molecule has 1 aromatic heterocycles. The fraction of sp³-hybridized carbons (Fsp3) is 0.529. The molecule has 0 aliphatic rings. The van der Waals surface area contributed by atoms with Gasteiger partial charge in [-0.3, -0.25) is 0 Å². The lowest BCUT2D eigenvalue weighted by Gasteiger charge is -2.15. The monoisotopic (exact) mass is 274 g/mol. The van der Waals surface area contributed by atoms with Crippen molar-refractivity contribution < 1.29 is 4.74 Å². The summed E-state index contributed by atoms with van der Waals surface area (Å²) in [6, 6.07) is 6.84. The maximum atomic E-state index is 5.31. The van der Waals surface area contributed by atoms with Gasteiger partial charge in [-0.1, -0.05) is 20.3 Å². The highest BCUT2D eigenvalue weighted by Crippen LogP contribution is 2.23. The van der Waals surface area contributed by atoms with Gasteiger partial charge in [0, 0.05) is 23.1 Å². The third kappa shape index (κ3) is 3.54. The van der Waals surface area contributed by atoms with Crippen LogP contribution in [0.25, 0.3) is 10.9 Å². The summed E-state index contributed by atoms with van der Waals surface area (Å²) in [4.78, 5) is 3.33. The summed E-state index contributed by atoms with van der Waals surface area (Å²) in [7, 11) is 1.71. The van der Waals surface area contributed by atoms with E-state index in [4.69, 9.17) is 4.74 Å². The number of H-pyrrole nitrogens is 1. The lowest BCUT2D eigenvalue weighted by Crippen LogP contribution is -2.30. The summed E-state index contributed by atoms with van der Waals surface area (Å²) < 4.78 is 5.31. The molecule has 0 aliphatic carbocycles. The first-order chi connectivity index (χ1) is 9.78. The Balaban J connectivity index is 1.99. The molecule has 1 aromatic carbocycles. The van der Waals surface area contributed by atoms with Crippen LogP contribution in [0.15, 0.2) is 24.4 Å². The highest BCUT2D eigenvalue weighted by atomic mass is 16.5. The van der Waals surface area contributed by atoms with Crippen LogP contribution in [-0.4, -0.2) is 24.7 Å². The average molecular weight is 274 g/mol. The van der Waals surface area contributed by atoms with Crippen molar-refractivity contribution in [2.75, 3.05) is 13.7 Å².